The number of nitriles is 1. The maximum absolute atomic E-state index is 12.8. The number of nitrogens with one attached hydrogen (secondary N) is 2. The molecule has 1 amide bonds. The summed E-state index contributed by atoms with van der Waals surface area (Å²) in [5.74, 6) is 0.0526. The lowest BCUT2D eigenvalue weighted by Gasteiger charge is -2.19. The van der Waals surface area contributed by atoms with E-state index < -0.39 is 0 Å². The van der Waals surface area contributed by atoms with E-state index in [2.05, 4.69) is 62.7 Å². The first-order valence-corrected chi connectivity index (χ1v) is 12.8. The molecule has 0 spiro atoms. The van der Waals surface area contributed by atoms with Gasteiger partial charge in [-0.15, -0.1) is 0 Å². The number of rotatable bonds is 13. The lowest BCUT2D eigenvalue weighted by atomic mass is 10.0. The molecule has 0 radical (unpaired) electrons. The second-order valence-electron chi connectivity index (χ2n) is 9.21. The van der Waals surface area contributed by atoms with Crippen LogP contribution in [0.3, 0.4) is 0 Å². The molecule has 1 aromatic heterocycles. The van der Waals surface area contributed by atoms with Crippen molar-refractivity contribution in [3.8, 4) is 6.07 Å². The number of benzene rings is 3. The van der Waals surface area contributed by atoms with Gasteiger partial charge >= 0.3 is 0 Å². The van der Waals surface area contributed by atoms with Crippen LogP contribution < -0.4 is 10.6 Å². The Morgan fingerprint density at radius 1 is 0.892 bits per heavy atom. The molecule has 0 aliphatic heterocycles. The topological polar surface area (TPSA) is 82.7 Å². The molecule has 4 rings (SSSR count). The average molecular weight is 492 g/mol. The van der Waals surface area contributed by atoms with Crippen molar-refractivity contribution in [3.63, 3.8) is 0 Å². The predicted molar refractivity (Wildman–Crippen MR) is 146 cm³/mol. The van der Waals surface area contributed by atoms with E-state index in [0.717, 1.165) is 30.6 Å². The van der Waals surface area contributed by atoms with Crippen LogP contribution in [0.4, 0.5) is 0 Å². The van der Waals surface area contributed by atoms with E-state index in [1.165, 1.54) is 11.1 Å². The fourth-order valence-electron chi connectivity index (χ4n) is 4.33. The first-order valence-electron chi connectivity index (χ1n) is 12.8. The van der Waals surface area contributed by atoms with Gasteiger partial charge in [-0.05, 0) is 41.7 Å². The third kappa shape index (κ3) is 8.45. The standard InChI is InChI=1S/C31H33N5O/c32-20-26-11-13-28(14-12-26)23-36-24-33-22-30(36)17-18-34-31(37)19-29(16-15-25-7-3-1-4-8-25)35-21-27-9-5-2-6-10-27/h1-14,22,24,29,35H,15-19,21,23H2,(H,34,37). The van der Waals surface area contributed by atoms with Crippen LogP contribution in [0.15, 0.2) is 97.5 Å². The van der Waals surface area contributed by atoms with Crippen LogP contribution in [-0.4, -0.2) is 28.0 Å². The Balaban J connectivity index is 1.27. The lowest BCUT2D eigenvalue weighted by Crippen LogP contribution is -2.36. The summed E-state index contributed by atoms with van der Waals surface area (Å²) in [6.45, 7) is 1.98. The van der Waals surface area contributed by atoms with Gasteiger partial charge in [-0.1, -0.05) is 72.8 Å². The average Bonchev–Trinajstić information content (AvgIpc) is 3.38. The fourth-order valence-corrected chi connectivity index (χ4v) is 4.33. The summed E-state index contributed by atoms with van der Waals surface area (Å²) in [6, 6.07) is 30.5. The number of nitrogens with zero attached hydrogens (tertiary/aromatic N) is 3. The molecule has 0 aliphatic rings. The molecule has 37 heavy (non-hydrogen) atoms. The highest BCUT2D eigenvalue weighted by atomic mass is 16.1. The van der Waals surface area contributed by atoms with Crippen molar-refractivity contribution in [1.29, 1.82) is 5.26 Å². The zero-order valence-corrected chi connectivity index (χ0v) is 21.0. The molecule has 0 saturated heterocycles. The number of carbonyl (C=O) groups is 1. The van der Waals surface area contributed by atoms with Gasteiger partial charge in [0.2, 0.25) is 5.91 Å². The van der Waals surface area contributed by atoms with Crippen LogP contribution in [0, 0.1) is 11.3 Å². The van der Waals surface area contributed by atoms with E-state index in [0.29, 0.717) is 31.5 Å². The summed E-state index contributed by atoms with van der Waals surface area (Å²) in [5.41, 5.74) is 5.31. The van der Waals surface area contributed by atoms with Gasteiger partial charge < -0.3 is 15.2 Å². The second-order valence-corrected chi connectivity index (χ2v) is 9.21. The van der Waals surface area contributed by atoms with Crippen molar-refractivity contribution in [2.75, 3.05) is 6.54 Å². The van der Waals surface area contributed by atoms with E-state index in [1.54, 1.807) is 0 Å². The maximum Gasteiger partial charge on any atom is 0.221 e. The first kappa shape index (κ1) is 25.9. The molecule has 0 fully saturated rings. The molecule has 0 aliphatic carbocycles. The molecule has 4 aromatic rings. The van der Waals surface area contributed by atoms with E-state index in [4.69, 9.17) is 5.26 Å². The largest absolute Gasteiger partial charge is 0.356 e. The van der Waals surface area contributed by atoms with E-state index in [1.807, 2.05) is 61.1 Å². The molecular formula is C31H33N5O. The van der Waals surface area contributed by atoms with Crippen LogP contribution in [-0.2, 0) is 30.7 Å². The van der Waals surface area contributed by atoms with E-state index >= 15 is 0 Å². The van der Waals surface area contributed by atoms with Crippen LogP contribution in [0.25, 0.3) is 0 Å². The van der Waals surface area contributed by atoms with Crippen molar-refractivity contribution < 1.29 is 4.79 Å². The summed E-state index contributed by atoms with van der Waals surface area (Å²) < 4.78 is 2.08. The Labute approximate surface area is 219 Å². The highest BCUT2D eigenvalue weighted by Crippen LogP contribution is 2.11. The van der Waals surface area contributed by atoms with Gasteiger partial charge in [0.15, 0.2) is 0 Å². The Hall–Kier alpha value is -4.21. The van der Waals surface area contributed by atoms with Crippen LogP contribution in [0.2, 0.25) is 0 Å². The summed E-state index contributed by atoms with van der Waals surface area (Å²) in [6.07, 6.45) is 6.61. The van der Waals surface area contributed by atoms with Gasteiger partial charge in [0.25, 0.3) is 0 Å². The minimum absolute atomic E-state index is 0.0526. The van der Waals surface area contributed by atoms with Gasteiger partial charge in [0.05, 0.1) is 18.0 Å². The molecule has 0 saturated carbocycles. The fraction of sp³-hybridized carbons (Fsp3) is 0.258. The molecule has 0 bridgehead atoms. The maximum atomic E-state index is 12.8. The van der Waals surface area contributed by atoms with Crippen LogP contribution in [0.5, 0.6) is 0 Å². The third-order valence-electron chi connectivity index (χ3n) is 6.43. The zero-order chi connectivity index (χ0) is 25.7. The summed E-state index contributed by atoms with van der Waals surface area (Å²) in [5, 5.41) is 15.7. The van der Waals surface area contributed by atoms with E-state index in [-0.39, 0.29) is 11.9 Å². The summed E-state index contributed by atoms with van der Waals surface area (Å²) >= 11 is 0. The number of hydrogen-bond acceptors (Lipinski definition) is 4. The van der Waals surface area contributed by atoms with Gasteiger partial charge in [-0.25, -0.2) is 4.98 Å². The van der Waals surface area contributed by atoms with Crippen molar-refractivity contribution >= 4 is 5.91 Å². The predicted octanol–water partition coefficient (Wildman–Crippen LogP) is 4.64. The number of hydrogen-bond donors (Lipinski definition) is 2. The Kier molecular flexibility index (Phi) is 9.63. The lowest BCUT2D eigenvalue weighted by molar-refractivity contribution is -0.121. The second kappa shape index (κ2) is 13.8. The molecule has 1 heterocycles. The number of imidazole rings is 1. The van der Waals surface area contributed by atoms with Crippen LogP contribution >= 0.6 is 0 Å². The number of carbonyl (C=O) groups excluding carboxylic acids is 1. The highest BCUT2D eigenvalue weighted by molar-refractivity contribution is 5.76. The molecule has 3 aromatic carbocycles. The molecule has 6 nitrogen and oxygen atoms in total. The van der Waals surface area contributed by atoms with Crippen molar-refractivity contribution in [3.05, 3.63) is 125 Å². The van der Waals surface area contributed by atoms with Crippen molar-refractivity contribution in [2.45, 2.75) is 44.8 Å². The smallest absolute Gasteiger partial charge is 0.221 e. The minimum Gasteiger partial charge on any atom is -0.356 e. The zero-order valence-electron chi connectivity index (χ0n) is 21.0. The van der Waals surface area contributed by atoms with Crippen molar-refractivity contribution in [2.24, 2.45) is 0 Å². The Bertz CT molecular complexity index is 1230. The van der Waals surface area contributed by atoms with Gasteiger partial charge in [0, 0.05) is 50.4 Å². The van der Waals surface area contributed by atoms with Gasteiger partial charge in [-0.2, -0.15) is 5.26 Å². The normalized spacial score (nSPS) is 11.5. The number of amides is 1. The monoisotopic (exact) mass is 491 g/mol. The van der Waals surface area contributed by atoms with Gasteiger partial charge in [0.1, 0.15) is 0 Å². The molecule has 188 valence electrons. The van der Waals surface area contributed by atoms with Gasteiger partial charge in [-0.3, -0.25) is 4.79 Å². The van der Waals surface area contributed by atoms with Crippen molar-refractivity contribution in [1.82, 2.24) is 20.2 Å². The van der Waals surface area contributed by atoms with E-state index in [9.17, 15) is 4.79 Å². The number of aryl methyl sites for hydroxylation is 1. The Morgan fingerprint density at radius 3 is 2.30 bits per heavy atom. The number of aromatic nitrogens is 2. The first-order chi connectivity index (χ1) is 18.2. The Morgan fingerprint density at radius 2 is 1.59 bits per heavy atom. The minimum atomic E-state index is 0.0526. The quantitative estimate of drug-likeness (QED) is 0.285. The molecular weight excluding hydrogens is 458 g/mol. The highest BCUT2D eigenvalue weighted by Gasteiger charge is 2.14. The molecule has 1 atom stereocenters. The molecule has 2 N–H and O–H groups in total. The third-order valence-corrected chi connectivity index (χ3v) is 6.43. The summed E-state index contributed by atoms with van der Waals surface area (Å²) in [4.78, 5) is 17.1. The summed E-state index contributed by atoms with van der Waals surface area (Å²) in [7, 11) is 0. The SMILES string of the molecule is N#Cc1ccc(Cn2cncc2CCNC(=O)CC(CCc2ccccc2)NCc2ccccc2)cc1. The molecule has 6 heteroatoms. The molecule has 1 unspecified atom stereocenters. The van der Waals surface area contributed by atoms with Crippen LogP contribution in [0.1, 0.15) is 40.8 Å².